The average molecular weight is 365 g/mol. The number of aryl methyl sites for hydroxylation is 1. The van der Waals surface area contributed by atoms with Gasteiger partial charge in [0.2, 0.25) is 11.9 Å². The Morgan fingerprint density at radius 3 is 2.54 bits per heavy atom. The van der Waals surface area contributed by atoms with Crippen LogP contribution in [0.5, 0.6) is 5.75 Å². The predicted octanol–water partition coefficient (Wildman–Crippen LogP) is 2.59. The molecule has 0 radical (unpaired) electrons. The first-order valence-electron chi connectivity index (χ1n) is 7.44. The van der Waals surface area contributed by atoms with Crippen molar-refractivity contribution in [3.8, 4) is 5.75 Å². The Bertz CT molecular complexity index is 893. The normalized spacial score (nSPS) is 11.4. The Balaban J connectivity index is 1.81. The van der Waals surface area contributed by atoms with Gasteiger partial charge in [-0.2, -0.15) is 13.2 Å². The zero-order chi connectivity index (χ0) is 18.7. The molecule has 2 heterocycles. The van der Waals surface area contributed by atoms with Gasteiger partial charge in [0.05, 0.1) is 13.7 Å². The minimum atomic E-state index is -4.57. The number of benzene rings is 1. The van der Waals surface area contributed by atoms with Crippen molar-refractivity contribution in [3.63, 3.8) is 0 Å². The molecule has 0 aliphatic carbocycles. The lowest BCUT2D eigenvalue weighted by atomic mass is 10.2. The molecule has 0 atom stereocenters. The van der Waals surface area contributed by atoms with Gasteiger partial charge in [-0.25, -0.2) is 14.6 Å². The Morgan fingerprint density at radius 2 is 1.88 bits per heavy atom. The van der Waals surface area contributed by atoms with Crippen LogP contribution in [0, 0.1) is 6.92 Å². The molecule has 0 amide bonds. The summed E-state index contributed by atoms with van der Waals surface area (Å²) in [6.45, 7) is 1.75. The number of halogens is 3. The molecule has 0 unspecified atom stereocenters. The third-order valence-electron chi connectivity index (χ3n) is 3.39. The first-order valence-corrected chi connectivity index (χ1v) is 7.44. The topological polar surface area (TPSA) is 90.6 Å². The fourth-order valence-corrected chi connectivity index (χ4v) is 2.17. The zero-order valence-electron chi connectivity index (χ0n) is 13.8. The molecule has 0 bridgehead atoms. The van der Waals surface area contributed by atoms with Crippen LogP contribution in [0.15, 0.2) is 30.3 Å². The van der Waals surface area contributed by atoms with E-state index in [0.29, 0.717) is 12.3 Å². The summed E-state index contributed by atoms with van der Waals surface area (Å²) in [5.41, 5.74) is 0.00738. The van der Waals surface area contributed by atoms with Gasteiger partial charge in [0.25, 0.3) is 0 Å². The fraction of sp³-hybridized carbons (Fsp3) is 0.267. The molecule has 1 N–H and O–H groups in total. The summed E-state index contributed by atoms with van der Waals surface area (Å²) in [5.74, 6) is 0.597. The number of tetrazole rings is 1. The van der Waals surface area contributed by atoms with Crippen LogP contribution < -0.4 is 10.1 Å². The number of ether oxygens (including phenoxy) is 1. The maximum Gasteiger partial charge on any atom is 0.433 e. The summed E-state index contributed by atoms with van der Waals surface area (Å²) < 4.78 is 45.1. The molecule has 1 aromatic carbocycles. The van der Waals surface area contributed by atoms with Crippen molar-refractivity contribution in [1.29, 1.82) is 0 Å². The van der Waals surface area contributed by atoms with Crippen molar-refractivity contribution in [2.75, 3.05) is 12.4 Å². The maximum absolute atomic E-state index is 12.9. The number of hydrogen-bond donors (Lipinski definition) is 1. The minimum Gasteiger partial charge on any atom is -0.497 e. The summed E-state index contributed by atoms with van der Waals surface area (Å²) in [6, 6.07) is 8.09. The Labute approximate surface area is 146 Å². The number of rotatable bonds is 5. The van der Waals surface area contributed by atoms with Gasteiger partial charge in [0.15, 0.2) is 0 Å². The van der Waals surface area contributed by atoms with Gasteiger partial charge in [-0.1, -0.05) is 17.2 Å². The molecule has 0 aliphatic rings. The molecule has 3 aromatic rings. The Hall–Kier alpha value is -3.24. The molecule has 136 valence electrons. The molecule has 0 saturated carbocycles. The fourth-order valence-electron chi connectivity index (χ4n) is 2.17. The SMILES string of the molecule is COc1ccc(Cn2nnnc2Nc2nc(C)cc(C(F)(F)F)n2)cc1. The van der Waals surface area contributed by atoms with Crippen LogP contribution >= 0.6 is 0 Å². The van der Waals surface area contributed by atoms with Gasteiger partial charge in [0, 0.05) is 5.69 Å². The van der Waals surface area contributed by atoms with Crippen molar-refractivity contribution in [1.82, 2.24) is 30.2 Å². The predicted molar refractivity (Wildman–Crippen MR) is 85.0 cm³/mol. The smallest absolute Gasteiger partial charge is 0.433 e. The molecule has 8 nitrogen and oxygen atoms in total. The van der Waals surface area contributed by atoms with Gasteiger partial charge in [0.1, 0.15) is 11.4 Å². The molecule has 2 aromatic heterocycles. The third kappa shape index (κ3) is 4.05. The van der Waals surface area contributed by atoms with Crippen molar-refractivity contribution in [2.24, 2.45) is 0 Å². The van der Waals surface area contributed by atoms with Crippen molar-refractivity contribution >= 4 is 11.9 Å². The van der Waals surface area contributed by atoms with E-state index in [1.54, 1.807) is 19.2 Å². The number of hydrogen-bond acceptors (Lipinski definition) is 7. The minimum absolute atomic E-state index is 0.125. The van der Waals surface area contributed by atoms with Gasteiger partial charge in [-0.05, 0) is 41.1 Å². The van der Waals surface area contributed by atoms with Gasteiger partial charge in [-0.3, -0.25) is 5.32 Å². The van der Waals surface area contributed by atoms with E-state index in [1.807, 2.05) is 12.1 Å². The highest BCUT2D eigenvalue weighted by atomic mass is 19.4. The van der Waals surface area contributed by atoms with E-state index >= 15 is 0 Å². The molecular weight excluding hydrogens is 351 g/mol. The highest BCUT2D eigenvalue weighted by molar-refractivity contribution is 5.43. The summed E-state index contributed by atoms with van der Waals surface area (Å²) in [4.78, 5) is 7.42. The number of aromatic nitrogens is 6. The zero-order valence-corrected chi connectivity index (χ0v) is 13.8. The molecule has 0 saturated heterocycles. The van der Waals surface area contributed by atoms with Crippen molar-refractivity contribution in [2.45, 2.75) is 19.6 Å². The second-order valence-corrected chi connectivity index (χ2v) is 5.35. The third-order valence-corrected chi connectivity index (χ3v) is 3.39. The summed E-state index contributed by atoms with van der Waals surface area (Å²) in [7, 11) is 1.56. The molecular formula is C15H14F3N7O. The lowest BCUT2D eigenvalue weighted by Crippen LogP contribution is -2.13. The first-order chi connectivity index (χ1) is 12.3. The Kier molecular flexibility index (Phi) is 4.69. The number of nitrogens with one attached hydrogen (secondary N) is 1. The van der Waals surface area contributed by atoms with E-state index in [-0.39, 0.29) is 17.6 Å². The number of nitrogens with zero attached hydrogens (tertiary/aromatic N) is 6. The maximum atomic E-state index is 12.9. The van der Waals surface area contributed by atoms with Crippen LogP contribution in [0.4, 0.5) is 25.1 Å². The second-order valence-electron chi connectivity index (χ2n) is 5.35. The van der Waals surface area contributed by atoms with Crippen molar-refractivity contribution < 1.29 is 17.9 Å². The van der Waals surface area contributed by atoms with Gasteiger partial charge >= 0.3 is 6.18 Å². The van der Waals surface area contributed by atoms with E-state index in [9.17, 15) is 13.2 Å². The monoisotopic (exact) mass is 365 g/mol. The van der Waals surface area contributed by atoms with E-state index in [0.717, 1.165) is 11.6 Å². The highest BCUT2D eigenvalue weighted by Gasteiger charge is 2.33. The quantitative estimate of drug-likeness (QED) is 0.743. The largest absolute Gasteiger partial charge is 0.497 e. The molecule has 26 heavy (non-hydrogen) atoms. The average Bonchev–Trinajstić information content (AvgIpc) is 3.01. The lowest BCUT2D eigenvalue weighted by Gasteiger charge is -2.10. The van der Waals surface area contributed by atoms with Crippen LogP contribution in [0.3, 0.4) is 0 Å². The van der Waals surface area contributed by atoms with E-state index < -0.39 is 11.9 Å². The molecule has 0 aliphatic heterocycles. The highest BCUT2D eigenvalue weighted by Crippen LogP contribution is 2.28. The standard InChI is InChI=1S/C15H14F3N7O/c1-9-7-12(15(16,17)18)20-13(19-9)21-14-22-23-24-25(14)8-10-3-5-11(26-2)6-4-10/h3-7H,8H2,1-2H3,(H,19,20,21,22,24). The van der Waals surface area contributed by atoms with E-state index in [2.05, 4.69) is 30.8 Å². The molecule has 0 fully saturated rings. The molecule has 0 spiro atoms. The van der Waals surface area contributed by atoms with Gasteiger partial charge < -0.3 is 4.74 Å². The van der Waals surface area contributed by atoms with Crippen LogP contribution in [0.1, 0.15) is 17.0 Å². The first kappa shape index (κ1) is 17.6. The number of anilines is 2. The summed E-state index contributed by atoms with van der Waals surface area (Å²) in [6.07, 6.45) is -4.57. The van der Waals surface area contributed by atoms with Gasteiger partial charge in [-0.15, -0.1) is 0 Å². The molecule has 3 rings (SSSR count). The summed E-state index contributed by atoms with van der Waals surface area (Å²) in [5, 5.41) is 13.8. The second kappa shape index (κ2) is 6.94. The van der Waals surface area contributed by atoms with Crippen LogP contribution in [-0.4, -0.2) is 37.3 Å². The van der Waals surface area contributed by atoms with Crippen LogP contribution in [0.2, 0.25) is 0 Å². The van der Waals surface area contributed by atoms with Crippen LogP contribution in [-0.2, 0) is 12.7 Å². The van der Waals surface area contributed by atoms with E-state index in [4.69, 9.17) is 4.74 Å². The van der Waals surface area contributed by atoms with Crippen LogP contribution in [0.25, 0.3) is 0 Å². The number of methoxy groups -OCH3 is 1. The van der Waals surface area contributed by atoms with Crippen molar-refractivity contribution in [3.05, 3.63) is 47.3 Å². The lowest BCUT2D eigenvalue weighted by molar-refractivity contribution is -0.141. The summed E-state index contributed by atoms with van der Waals surface area (Å²) >= 11 is 0. The molecule has 11 heteroatoms. The number of alkyl halides is 3. The van der Waals surface area contributed by atoms with E-state index in [1.165, 1.54) is 11.6 Å². The Morgan fingerprint density at radius 1 is 1.15 bits per heavy atom.